The van der Waals surface area contributed by atoms with Gasteiger partial charge in [0.2, 0.25) is 0 Å². The second-order valence-electron chi connectivity index (χ2n) is 6.05. The van der Waals surface area contributed by atoms with Gasteiger partial charge in [0.15, 0.2) is 0 Å². The number of thioether (sulfide) groups is 1. The van der Waals surface area contributed by atoms with Crippen LogP contribution < -0.4 is 0 Å². The minimum Gasteiger partial charge on any atom is -0.238 e. The van der Waals surface area contributed by atoms with Crippen LogP contribution in [0.15, 0.2) is 53.6 Å². The van der Waals surface area contributed by atoms with Gasteiger partial charge in [-0.25, -0.2) is 9.37 Å². The molecular formula is C20H16FN3S2. The summed E-state index contributed by atoms with van der Waals surface area (Å²) in [4.78, 5) is 4.67. The van der Waals surface area contributed by atoms with Crippen molar-refractivity contribution in [1.82, 2.24) is 15.2 Å². The van der Waals surface area contributed by atoms with Crippen molar-refractivity contribution in [2.45, 2.75) is 24.6 Å². The van der Waals surface area contributed by atoms with E-state index in [4.69, 9.17) is 0 Å². The van der Waals surface area contributed by atoms with E-state index in [0.29, 0.717) is 5.75 Å². The Morgan fingerprint density at radius 2 is 1.85 bits per heavy atom. The lowest BCUT2D eigenvalue weighted by molar-refractivity contribution is 0.626. The quantitative estimate of drug-likeness (QED) is 0.419. The van der Waals surface area contributed by atoms with Crippen molar-refractivity contribution in [2.24, 2.45) is 0 Å². The summed E-state index contributed by atoms with van der Waals surface area (Å²) in [5, 5.41) is 10.7. The normalized spacial score (nSPS) is 11.2. The van der Waals surface area contributed by atoms with Gasteiger partial charge < -0.3 is 0 Å². The molecule has 3 nitrogen and oxygen atoms in total. The molecule has 4 rings (SSSR count). The van der Waals surface area contributed by atoms with Crippen LogP contribution in [-0.4, -0.2) is 15.2 Å². The number of rotatable bonds is 4. The zero-order valence-electron chi connectivity index (χ0n) is 14.4. The number of halogens is 1. The van der Waals surface area contributed by atoms with Crippen molar-refractivity contribution in [2.75, 3.05) is 0 Å². The fraction of sp³-hybridized carbons (Fsp3) is 0.150. The number of aromatic nitrogens is 3. The van der Waals surface area contributed by atoms with Crippen LogP contribution in [0.5, 0.6) is 0 Å². The molecule has 130 valence electrons. The van der Waals surface area contributed by atoms with Crippen LogP contribution in [0.2, 0.25) is 0 Å². The maximum Gasteiger partial charge on any atom is 0.146 e. The summed E-state index contributed by atoms with van der Waals surface area (Å²) in [7, 11) is 0. The fourth-order valence-corrected chi connectivity index (χ4v) is 4.55. The van der Waals surface area contributed by atoms with E-state index in [1.165, 1.54) is 23.4 Å². The summed E-state index contributed by atoms with van der Waals surface area (Å²) >= 11 is 3.16. The number of fused-ring (bicyclic) bond motifs is 1. The third-order valence-electron chi connectivity index (χ3n) is 3.98. The molecule has 0 saturated carbocycles. The van der Waals surface area contributed by atoms with Gasteiger partial charge in [-0.1, -0.05) is 53.7 Å². The minimum absolute atomic E-state index is 0.224. The Morgan fingerprint density at radius 1 is 1.04 bits per heavy atom. The zero-order chi connectivity index (χ0) is 18.1. The summed E-state index contributed by atoms with van der Waals surface area (Å²) in [6.45, 7) is 4.05. The van der Waals surface area contributed by atoms with E-state index in [1.54, 1.807) is 23.5 Å². The average Bonchev–Trinajstić information content (AvgIpc) is 3.02. The molecule has 2 heterocycles. The van der Waals surface area contributed by atoms with E-state index >= 15 is 0 Å². The molecule has 2 aromatic carbocycles. The molecule has 0 bridgehead atoms. The van der Waals surface area contributed by atoms with Crippen LogP contribution in [0.25, 0.3) is 21.5 Å². The maximum absolute atomic E-state index is 13.4. The molecule has 0 fully saturated rings. The number of aryl methyl sites for hydroxylation is 2. The lowest BCUT2D eigenvalue weighted by atomic mass is 10.1. The molecule has 0 amide bonds. The van der Waals surface area contributed by atoms with Crippen LogP contribution in [0.1, 0.15) is 16.1 Å². The van der Waals surface area contributed by atoms with E-state index in [1.807, 2.05) is 13.0 Å². The van der Waals surface area contributed by atoms with E-state index in [-0.39, 0.29) is 5.82 Å². The molecule has 0 saturated heterocycles. The topological polar surface area (TPSA) is 38.7 Å². The predicted octanol–water partition coefficient (Wildman–Crippen LogP) is 5.80. The number of hydrogen-bond acceptors (Lipinski definition) is 5. The molecule has 0 N–H and O–H groups in total. The van der Waals surface area contributed by atoms with Gasteiger partial charge in [0.1, 0.15) is 22.1 Å². The molecule has 6 heteroatoms. The van der Waals surface area contributed by atoms with Gasteiger partial charge in [0, 0.05) is 11.3 Å². The van der Waals surface area contributed by atoms with Crippen LogP contribution in [0.3, 0.4) is 0 Å². The van der Waals surface area contributed by atoms with Crippen LogP contribution in [-0.2, 0) is 5.75 Å². The van der Waals surface area contributed by atoms with Gasteiger partial charge in [0.25, 0.3) is 0 Å². The minimum atomic E-state index is -0.224. The first-order valence-corrected chi connectivity index (χ1v) is 9.98. The summed E-state index contributed by atoms with van der Waals surface area (Å²) < 4.78 is 14.4. The van der Waals surface area contributed by atoms with Crippen molar-refractivity contribution in [3.05, 3.63) is 70.5 Å². The Bertz CT molecular complexity index is 1070. The highest BCUT2D eigenvalue weighted by Gasteiger charge is 2.16. The van der Waals surface area contributed by atoms with Crippen LogP contribution >= 0.6 is 23.1 Å². The highest BCUT2D eigenvalue weighted by molar-refractivity contribution is 7.98. The monoisotopic (exact) mass is 381 g/mol. The van der Waals surface area contributed by atoms with Gasteiger partial charge in [-0.3, -0.25) is 0 Å². The molecule has 0 radical (unpaired) electrons. The summed E-state index contributed by atoms with van der Waals surface area (Å²) in [6.07, 6.45) is 0. The second-order valence-corrected chi connectivity index (χ2v) is 8.22. The maximum atomic E-state index is 13.4. The third kappa shape index (κ3) is 3.48. The lowest BCUT2D eigenvalue weighted by Crippen LogP contribution is -1.93. The number of nitrogens with zero attached hydrogens (tertiary/aromatic N) is 3. The van der Waals surface area contributed by atoms with Crippen LogP contribution in [0.4, 0.5) is 4.39 Å². The first-order valence-electron chi connectivity index (χ1n) is 8.18. The fourth-order valence-electron chi connectivity index (χ4n) is 2.70. The van der Waals surface area contributed by atoms with E-state index in [2.05, 4.69) is 46.4 Å². The smallest absolute Gasteiger partial charge is 0.146 e. The Kier molecular flexibility index (Phi) is 4.70. The van der Waals surface area contributed by atoms with Crippen molar-refractivity contribution in [3.63, 3.8) is 0 Å². The molecule has 0 spiro atoms. The average molecular weight is 382 g/mol. The molecule has 26 heavy (non-hydrogen) atoms. The van der Waals surface area contributed by atoms with E-state index in [0.717, 1.165) is 37.1 Å². The summed E-state index contributed by atoms with van der Waals surface area (Å²) in [6, 6.07) is 14.9. The van der Waals surface area contributed by atoms with Crippen molar-refractivity contribution in [1.29, 1.82) is 0 Å². The SMILES string of the molecule is Cc1ccc(-c2nnc(SCc3cccc(F)c3)c3nc(C)sc23)cc1. The molecule has 4 aromatic rings. The molecular weight excluding hydrogens is 365 g/mol. The van der Waals surface area contributed by atoms with Gasteiger partial charge in [-0.05, 0) is 31.5 Å². The van der Waals surface area contributed by atoms with Crippen molar-refractivity contribution >= 4 is 33.3 Å². The highest BCUT2D eigenvalue weighted by atomic mass is 32.2. The van der Waals surface area contributed by atoms with Crippen LogP contribution in [0, 0.1) is 19.7 Å². The number of hydrogen-bond donors (Lipinski definition) is 0. The Balaban J connectivity index is 1.71. The Morgan fingerprint density at radius 3 is 2.62 bits per heavy atom. The summed E-state index contributed by atoms with van der Waals surface area (Å²) in [5.74, 6) is 0.403. The highest BCUT2D eigenvalue weighted by Crippen LogP contribution is 2.36. The molecule has 0 atom stereocenters. The Labute approximate surface area is 159 Å². The molecule has 2 aromatic heterocycles. The largest absolute Gasteiger partial charge is 0.238 e. The van der Waals surface area contributed by atoms with E-state index in [9.17, 15) is 4.39 Å². The van der Waals surface area contributed by atoms with Crippen molar-refractivity contribution < 1.29 is 4.39 Å². The molecule has 0 aliphatic heterocycles. The first kappa shape index (κ1) is 17.1. The molecule has 0 unspecified atom stereocenters. The number of thiazole rings is 1. The molecule has 0 aliphatic rings. The standard InChI is InChI=1S/C20H16FN3S2/c1-12-6-8-15(9-7-12)17-19-18(22-13(2)26-19)20(24-23-17)25-11-14-4-3-5-16(21)10-14/h3-10H,11H2,1-2H3. The first-order chi connectivity index (χ1) is 12.6. The third-order valence-corrected chi connectivity index (χ3v) is 5.99. The second kappa shape index (κ2) is 7.13. The molecule has 0 aliphatic carbocycles. The van der Waals surface area contributed by atoms with E-state index < -0.39 is 0 Å². The lowest BCUT2D eigenvalue weighted by Gasteiger charge is -2.06. The van der Waals surface area contributed by atoms with Gasteiger partial charge >= 0.3 is 0 Å². The summed E-state index contributed by atoms with van der Waals surface area (Å²) in [5.41, 5.74) is 4.90. The van der Waals surface area contributed by atoms with Gasteiger partial charge in [-0.15, -0.1) is 21.5 Å². The van der Waals surface area contributed by atoms with Gasteiger partial charge in [-0.2, -0.15) is 0 Å². The Hall–Kier alpha value is -2.31. The zero-order valence-corrected chi connectivity index (χ0v) is 16.0. The number of benzene rings is 2. The van der Waals surface area contributed by atoms with Gasteiger partial charge in [0.05, 0.1) is 9.71 Å². The predicted molar refractivity (Wildman–Crippen MR) is 106 cm³/mol. The van der Waals surface area contributed by atoms with Crippen molar-refractivity contribution in [3.8, 4) is 11.3 Å².